The predicted molar refractivity (Wildman–Crippen MR) is 30.7 cm³/mol. The second kappa shape index (κ2) is 3.05. The molecule has 0 bridgehead atoms. The van der Waals surface area contributed by atoms with E-state index in [9.17, 15) is 5.21 Å². The molecule has 0 unspecified atom stereocenters. The highest BCUT2D eigenvalue weighted by molar-refractivity contribution is 4.67. The van der Waals surface area contributed by atoms with E-state index in [1.807, 2.05) is 0 Å². The molecule has 1 rings (SSSR count). The van der Waals surface area contributed by atoms with Crippen LogP contribution >= 0.6 is 0 Å². The van der Waals surface area contributed by atoms with Crippen LogP contribution in [0.1, 0.15) is 32.1 Å². The summed E-state index contributed by atoms with van der Waals surface area (Å²) >= 11 is 0. The highest BCUT2D eigenvalue weighted by atomic mass is 16.5. The minimum Gasteiger partial charge on any atom is -0.165 e. The van der Waals surface area contributed by atoms with Crippen LogP contribution in [0.4, 0.5) is 0 Å². The highest BCUT2D eigenvalue weighted by Crippen LogP contribution is 2.16. The summed E-state index contributed by atoms with van der Waals surface area (Å²) in [4.78, 5) is 0. The van der Waals surface area contributed by atoms with Crippen molar-refractivity contribution in [3.63, 3.8) is 0 Å². The van der Waals surface area contributed by atoms with E-state index in [0.29, 0.717) is 0 Å². The van der Waals surface area contributed by atoms with E-state index in [0.717, 1.165) is 12.8 Å². The monoisotopic (exact) mass is 114 g/mol. The normalized spacial score (nSPS) is 23.6. The van der Waals surface area contributed by atoms with E-state index in [1.54, 1.807) is 0 Å². The van der Waals surface area contributed by atoms with Crippen LogP contribution in [0.3, 0.4) is 0 Å². The SMILES string of the molecule is [O]NC1CCCCC1. The second-order valence-corrected chi connectivity index (χ2v) is 2.45. The van der Waals surface area contributed by atoms with Crippen molar-refractivity contribution >= 4 is 0 Å². The molecule has 0 heterocycles. The molecule has 47 valence electrons. The van der Waals surface area contributed by atoms with Gasteiger partial charge in [-0.05, 0) is 12.8 Å². The zero-order valence-corrected chi connectivity index (χ0v) is 5.02. The molecule has 0 amide bonds. The second-order valence-electron chi connectivity index (χ2n) is 2.45. The third-order valence-corrected chi connectivity index (χ3v) is 1.77. The third kappa shape index (κ3) is 1.46. The first-order chi connectivity index (χ1) is 3.93. The Bertz CT molecular complexity index is 59.5. The summed E-state index contributed by atoms with van der Waals surface area (Å²) in [6.07, 6.45) is 5.96. The standard InChI is InChI=1S/C6H12NO/c8-7-6-4-2-1-3-5-6/h6-7H,1-5H2. The van der Waals surface area contributed by atoms with Gasteiger partial charge in [-0.1, -0.05) is 19.3 Å². The molecule has 1 radical (unpaired) electrons. The van der Waals surface area contributed by atoms with Gasteiger partial charge >= 0.3 is 0 Å². The van der Waals surface area contributed by atoms with E-state index >= 15 is 0 Å². The van der Waals surface area contributed by atoms with Gasteiger partial charge in [-0.15, -0.1) is 5.21 Å². The molecule has 0 saturated heterocycles. The molecule has 1 fully saturated rings. The van der Waals surface area contributed by atoms with Crippen LogP contribution in [-0.2, 0) is 5.21 Å². The molecule has 0 spiro atoms. The van der Waals surface area contributed by atoms with Gasteiger partial charge in [-0.2, -0.15) is 5.48 Å². The van der Waals surface area contributed by atoms with Crippen LogP contribution in [0, 0.1) is 0 Å². The minimum absolute atomic E-state index is 0.281. The van der Waals surface area contributed by atoms with E-state index in [4.69, 9.17) is 0 Å². The lowest BCUT2D eigenvalue weighted by Crippen LogP contribution is -2.26. The van der Waals surface area contributed by atoms with Gasteiger partial charge < -0.3 is 0 Å². The quantitative estimate of drug-likeness (QED) is 0.511. The molecule has 8 heavy (non-hydrogen) atoms. The lowest BCUT2D eigenvalue weighted by Gasteiger charge is -2.17. The first kappa shape index (κ1) is 6.05. The predicted octanol–water partition coefficient (Wildman–Crippen LogP) is 1.25. The Balaban J connectivity index is 2.13. The topological polar surface area (TPSA) is 31.9 Å². The summed E-state index contributed by atoms with van der Waals surface area (Å²) in [5.41, 5.74) is 2.05. The molecule has 0 aromatic heterocycles. The maximum Gasteiger partial charge on any atom is 0.0352 e. The van der Waals surface area contributed by atoms with Gasteiger partial charge in [0.15, 0.2) is 0 Å². The van der Waals surface area contributed by atoms with Crippen molar-refractivity contribution in [3.05, 3.63) is 0 Å². The molecule has 1 aliphatic rings. The molecular formula is C6H12NO. The number of rotatable bonds is 1. The Hall–Kier alpha value is -0.0800. The molecular weight excluding hydrogens is 102 g/mol. The Kier molecular flexibility index (Phi) is 2.30. The molecule has 0 aromatic carbocycles. The van der Waals surface area contributed by atoms with E-state index in [2.05, 4.69) is 5.48 Å². The van der Waals surface area contributed by atoms with Crippen molar-refractivity contribution in [2.24, 2.45) is 0 Å². The summed E-state index contributed by atoms with van der Waals surface area (Å²) in [5.74, 6) is 0. The Morgan fingerprint density at radius 2 is 1.75 bits per heavy atom. The zero-order chi connectivity index (χ0) is 5.82. The Morgan fingerprint density at radius 1 is 1.12 bits per heavy atom. The average molecular weight is 114 g/mol. The van der Waals surface area contributed by atoms with Crippen LogP contribution in [-0.4, -0.2) is 6.04 Å². The van der Waals surface area contributed by atoms with E-state index < -0.39 is 0 Å². The molecule has 0 aliphatic heterocycles. The molecule has 0 aromatic rings. The van der Waals surface area contributed by atoms with E-state index in [-0.39, 0.29) is 6.04 Å². The molecule has 1 N–H and O–H groups in total. The van der Waals surface area contributed by atoms with E-state index in [1.165, 1.54) is 19.3 Å². The number of hydroxylamine groups is 1. The molecule has 1 saturated carbocycles. The smallest absolute Gasteiger partial charge is 0.0352 e. The van der Waals surface area contributed by atoms with Crippen molar-refractivity contribution < 1.29 is 5.21 Å². The van der Waals surface area contributed by atoms with Gasteiger partial charge in [-0.25, -0.2) is 0 Å². The summed E-state index contributed by atoms with van der Waals surface area (Å²) in [5, 5.41) is 10.0. The maximum absolute atomic E-state index is 10.0. The fourth-order valence-corrected chi connectivity index (χ4v) is 1.22. The van der Waals surface area contributed by atoms with Crippen LogP contribution < -0.4 is 5.48 Å². The van der Waals surface area contributed by atoms with Gasteiger partial charge in [0.1, 0.15) is 0 Å². The van der Waals surface area contributed by atoms with Crippen LogP contribution in [0.25, 0.3) is 0 Å². The minimum atomic E-state index is 0.281. The van der Waals surface area contributed by atoms with Crippen LogP contribution in [0.15, 0.2) is 0 Å². The first-order valence-corrected chi connectivity index (χ1v) is 3.31. The van der Waals surface area contributed by atoms with Crippen LogP contribution in [0.2, 0.25) is 0 Å². The maximum atomic E-state index is 10.0. The summed E-state index contributed by atoms with van der Waals surface area (Å²) in [6, 6.07) is 0.281. The summed E-state index contributed by atoms with van der Waals surface area (Å²) in [6.45, 7) is 0. The van der Waals surface area contributed by atoms with Crippen molar-refractivity contribution in [2.45, 2.75) is 38.1 Å². The first-order valence-electron chi connectivity index (χ1n) is 3.31. The zero-order valence-electron chi connectivity index (χ0n) is 5.02. The lowest BCUT2D eigenvalue weighted by molar-refractivity contribution is 0.0323. The van der Waals surface area contributed by atoms with Crippen molar-refractivity contribution in [2.75, 3.05) is 0 Å². The Labute approximate surface area is 49.9 Å². The molecule has 2 heteroatoms. The largest absolute Gasteiger partial charge is 0.165 e. The van der Waals surface area contributed by atoms with Crippen molar-refractivity contribution in [1.82, 2.24) is 5.48 Å². The summed E-state index contributed by atoms with van der Waals surface area (Å²) < 4.78 is 0. The van der Waals surface area contributed by atoms with Gasteiger partial charge in [-0.3, -0.25) is 0 Å². The third-order valence-electron chi connectivity index (χ3n) is 1.77. The lowest BCUT2D eigenvalue weighted by atomic mass is 9.96. The fraction of sp³-hybridized carbons (Fsp3) is 1.00. The number of nitrogens with one attached hydrogen (secondary N) is 1. The number of hydrogen-bond donors (Lipinski definition) is 1. The van der Waals surface area contributed by atoms with Crippen molar-refractivity contribution in [3.8, 4) is 0 Å². The summed E-state index contributed by atoms with van der Waals surface area (Å²) in [7, 11) is 0. The van der Waals surface area contributed by atoms with Gasteiger partial charge in [0.25, 0.3) is 0 Å². The number of hydrogen-bond acceptors (Lipinski definition) is 1. The average Bonchev–Trinajstić information content (AvgIpc) is 1.90. The molecule has 0 atom stereocenters. The molecule has 2 nitrogen and oxygen atoms in total. The fourth-order valence-electron chi connectivity index (χ4n) is 1.22. The highest BCUT2D eigenvalue weighted by Gasteiger charge is 2.11. The van der Waals surface area contributed by atoms with Gasteiger partial charge in [0.05, 0.1) is 0 Å². The Morgan fingerprint density at radius 3 is 2.12 bits per heavy atom. The van der Waals surface area contributed by atoms with Crippen molar-refractivity contribution in [1.29, 1.82) is 0 Å². The van der Waals surface area contributed by atoms with Crippen LogP contribution in [0.5, 0.6) is 0 Å². The van der Waals surface area contributed by atoms with Gasteiger partial charge in [0.2, 0.25) is 0 Å². The molecule has 1 aliphatic carbocycles. The van der Waals surface area contributed by atoms with Gasteiger partial charge in [0, 0.05) is 6.04 Å².